The highest BCUT2D eigenvalue weighted by molar-refractivity contribution is 9.10. The van der Waals surface area contributed by atoms with Gasteiger partial charge in [-0.1, -0.05) is 0 Å². The molecule has 0 unspecified atom stereocenters. The molecule has 2 aromatic rings. The summed E-state index contributed by atoms with van der Waals surface area (Å²) in [7, 11) is 0. The fraction of sp³-hybridized carbons (Fsp3) is 0. The summed E-state index contributed by atoms with van der Waals surface area (Å²) in [5, 5.41) is 3.96. The number of amides is 1. The minimum atomic E-state index is -0.570. The van der Waals surface area contributed by atoms with Gasteiger partial charge in [0.1, 0.15) is 12.0 Å². The normalized spacial score (nSPS) is 10.2. The molecule has 0 atom stereocenters. The van der Waals surface area contributed by atoms with Crippen molar-refractivity contribution in [2.45, 2.75) is 0 Å². The monoisotopic (exact) mass is 267 g/mol. The third-order valence-corrected chi connectivity index (χ3v) is 2.27. The van der Waals surface area contributed by atoms with Crippen molar-refractivity contribution in [3.63, 3.8) is 0 Å². The Labute approximate surface area is 93.3 Å². The van der Waals surface area contributed by atoms with Crippen LogP contribution in [0.1, 0.15) is 10.5 Å². The number of hydrogen-bond donors (Lipinski definition) is 1. The van der Waals surface area contributed by atoms with Gasteiger partial charge in [0.15, 0.2) is 5.82 Å². The van der Waals surface area contributed by atoms with Crippen molar-refractivity contribution in [2.24, 2.45) is 5.73 Å². The molecular weight excluding hydrogens is 262 g/mol. The van der Waals surface area contributed by atoms with Crippen molar-refractivity contribution in [1.29, 1.82) is 0 Å². The lowest BCUT2D eigenvalue weighted by atomic mass is 10.4. The molecule has 2 heterocycles. The van der Waals surface area contributed by atoms with Gasteiger partial charge in [0.2, 0.25) is 0 Å². The van der Waals surface area contributed by atoms with Crippen LogP contribution in [-0.2, 0) is 0 Å². The van der Waals surface area contributed by atoms with E-state index in [0.29, 0.717) is 10.3 Å². The molecule has 0 saturated carbocycles. The third kappa shape index (κ3) is 1.86. The van der Waals surface area contributed by atoms with Crippen LogP contribution in [0.5, 0.6) is 0 Å². The van der Waals surface area contributed by atoms with Gasteiger partial charge in [0.25, 0.3) is 5.91 Å². The first-order valence-electron chi connectivity index (χ1n) is 4.00. The van der Waals surface area contributed by atoms with Gasteiger partial charge >= 0.3 is 0 Å². The zero-order valence-electron chi connectivity index (χ0n) is 7.46. The van der Waals surface area contributed by atoms with Gasteiger partial charge in [0.05, 0.1) is 4.47 Å². The van der Waals surface area contributed by atoms with E-state index in [1.54, 1.807) is 12.4 Å². The number of hydrogen-bond acceptors (Lipinski definition) is 4. The quantitative estimate of drug-likeness (QED) is 0.860. The fourth-order valence-electron chi connectivity index (χ4n) is 1.05. The summed E-state index contributed by atoms with van der Waals surface area (Å²) in [6.45, 7) is 0. The van der Waals surface area contributed by atoms with Crippen molar-refractivity contribution in [2.75, 3.05) is 0 Å². The minimum absolute atomic E-state index is 0.195. The number of carbonyl (C=O) groups is 1. The molecule has 15 heavy (non-hydrogen) atoms. The maximum atomic E-state index is 10.8. The van der Waals surface area contributed by atoms with Gasteiger partial charge < -0.3 is 5.73 Å². The van der Waals surface area contributed by atoms with E-state index >= 15 is 0 Å². The zero-order chi connectivity index (χ0) is 10.8. The van der Waals surface area contributed by atoms with Gasteiger partial charge in [0, 0.05) is 12.4 Å². The average Bonchev–Trinajstić information content (AvgIpc) is 2.67. The zero-order valence-corrected chi connectivity index (χ0v) is 9.05. The van der Waals surface area contributed by atoms with Crippen molar-refractivity contribution in [1.82, 2.24) is 19.7 Å². The second-order valence-electron chi connectivity index (χ2n) is 2.70. The Morgan fingerprint density at radius 3 is 2.93 bits per heavy atom. The Bertz CT molecular complexity index is 509. The van der Waals surface area contributed by atoms with Crippen LogP contribution in [0.15, 0.2) is 29.3 Å². The van der Waals surface area contributed by atoms with Gasteiger partial charge in [-0.2, -0.15) is 5.10 Å². The predicted molar refractivity (Wildman–Crippen MR) is 55.4 cm³/mol. The molecule has 0 aromatic carbocycles. The summed E-state index contributed by atoms with van der Waals surface area (Å²) in [6.07, 6.45) is 4.59. The molecule has 2 rings (SSSR count). The van der Waals surface area contributed by atoms with Gasteiger partial charge in [-0.3, -0.25) is 4.79 Å². The Morgan fingerprint density at radius 2 is 2.33 bits per heavy atom. The molecule has 7 heteroatoms. The van der Waals surface area contributed by atoms with E-state index in [0.717, 1.165) is 0 Å². The van der Waals surface area contributed by atoms with E-state index in [2.05, 4.69) is 31.0 Å². The molecule has 0 radical (unpaired) electrons. The van der Waals surface area contributed by atoms with Gasteiger partial charge in [-0.25, -0.2) is 14.6 Å². The molecule has 0 aliphatic carbocycles. The smallest absolute Gasteiger partial charge is 0.269 e. The molecule has 2 N–H and O–H groups in total. The van der Waals surface area contributed by atoms with E-state index < -0.39 is 5.91 Å². The molecule has 1 amide bonds. The van der Waals surface area contributed by atoms with E-state index in [-0.39, 0.29) is 5.69 Å². The predicted octanol–water partition coefficient (Wildman–Crippen LogP) is 0.524. The first-order chi connectivity index (χ1) is 7.18. The van der Waals surface area contributed by atoms with Crippen LogP contribution in [-0.4, -0.2) is 25.7 Å². The Balaban J connectivity index is 2.46. The summed E-state index contributed by atoms with van der Waals surface area (Å²) >= 11 is 3.28. The lowest BCUT2D eigenvalue weighted by Crippen LogP contribution is -2.12. The molecule has 0 fully saturated rings. The molecule has 0 aliphatic heterocycles. The number of carbonyl (C=O) groups excluding carboxylic acids is 1. The lowest BCUT2D eigenvalue weighted by molar-refractivity contribution is 0.0995. The summed E-state index contributed by atoms with van der Waals surface area (Å²) in [6, 6.07) is 1.52. The van der Waals surface area contributed by atoms with Crippen LogP contribution in [0.4, 0.5) is 0 Å². The topological polar surface area (TPSA) is 86.7 Å². The van der Waals surface area contributed by atoms with Crippen LogP contribution in [0.25, 0.3) is 5.82 Å². The molecule has 0 saturated heterocycles. The first kappa shape index (κ1) is 9.78. The summed E-state index contributed by atoms with van der Waals surface area (Å²) in [5.41, 5.74) is 5.28. The highest BCUT2D eigenvalue weighted by Crippen LogP contribution is 2.15. The van der Waals surface area contributed by atoms with Gasteiger partial charge in [-0.05, 0) is 22.0 Å². The molecule has 76 valence electrons. The maximum absolute atomic E-state index is 10.8. The maximum Gasteiger partial charge on any atom is 0.269 e. The van der Waals surface area contributed by atoms with Crippen LogP contribution in [0.3, 0.4) is 0 Å². The summed E-state index contributed by atoms with van der Waals surface area (Å²) in [4.78, 5) is 18.7. The van der Waals surface area contributed by atoms with Crippen molar-refractivity contribution in [3.05, 3.63) is 35.0 Å². The second-order valence-corrected chi connectivity index (χ2v) is 3.56. The second kappa shape index (κ2) is 3.77. The largest absolute Gasteiger partial charge is 0.364 e. The highest BCUT2D eigenvalue weighted by Gasteiger charge is 2.08. The summed E-state index contributed by atoms with van der Waals surface area (Å²) in [5.74, 6) is -0.0172. The van der Waals surface area contributed by atoms with Gasteiger partial charge in [-0.15, -0.1) is 0 Å². The van der Waals surface area contributed by atoms with Crippen molar-refractivity contribution >= 4 is 21.8 Å². The lowest BCUT2D eigenvalue weighted by Gasteiger charge is -2.00. The van der Waals surface area contributed by atoms with Crippen LogP contribution < -0.4 is 5.73 Å². The molecule has 0 spiro atoms. The standard InChI is InChI=1S/C8H6BrN5O/c9-5-3-11-4-12-8(5)14-2-1-6(13-14)7(10)15/h1-4H,(H2,10,15). The SMILES string of the molecule is NC(=O)c1ccn(-c2ncncc2Br)n1. The van der Waals surface area contributed by atoms with E-state index in [4.69, 9.17) is 5.73 Å². The van der Waals surface area contributed by atoms with E-state index in [9.17, 15) is 4.79 Å². The minimum Gasteiger partial charge on any atom is -0.364 e. The Hall–Kier alpha value is -1.76. The Morgan fingerprint density at radius 1 is 1.53 bits per heavy atom. The molecular formula is C8H6BrN5O. The molecule has 6 nitrogen and oxygen atoms in total. The van der Waals surface area contributed by atoms with Crippen molar-refractivity contribution in [3.8, 4) is 5.82 Å². The highest BCUT2D eigenvalue weighted by atomic mass is 79.9. The molecule has 2 aromatic heterocycles. The number of nitrogens with two attached hydrogens (primary N) is 1. The van der Waals surface area contributed by atoms with Crippen LogP contribution in [0.2, 0.25) is 0 Å². The van der Waals surface area contributed by atoms with E-state index in [1.807, 2.05) is 0 Å². The number of aromatic nitrogens is 4. The summed E-state index contributed by atoms with van der Waals surface area (Å²) < 4.78 is 2.13. The molecule has 0 bridgehead atoms. The van der Waals surface area contributed by atoms with Crippen LogP contribution in [0, 0.1) is 0 Å². The van der Waals surface area contributed by atoms with E-state index in [1.165, 1.54) is 17.1 Å². The number of primary amides is 1. The Kier molecular flexibility index (Phi) is 2.46. The third-order valence-electron chi connectivity index (χ3n) is 1.71. The number of rotatable bonds is 2. The fourth-order valence-corrected chi connectivity index (χ4v) is 1.45. The number of halogens is 1. The average molecular weight is 268 g/mol. The van der Waals surface area contributed by atoms with Crippen molar-refractivity contribution < 1.29 is 4.79 Å². The van der Waals surface area contributed by atoms with Crippen LogP contribution >= 0.6 is 15.9 Å². The molecule has 0 aliphatic rings. The first-order valence-corrected chi connectivity index (χ1v) is 4.79. The number of nitrogens with zero attached hydrogens (tertiary/aromatic N) is 4.